The van der Waals surface area contributed by atoms with Gasteiger partial charge in [0.25, 0.3) is 0 Å². The van der Waals surface area contributed by atoms with Gasteiger partial charge in [-0.15, -0.1) is 24.8 Å². The van der Waals surface area contributed by atoms with Crippen molar-refractivity contribution < 1.29 is 4.74 Å². The smallest absolute Gasteiger partial charge is 0.159 e. The molecule has 4 N–H and O–H groups in total. The number of hydrogen-bond acceptors (Lipinski definition) is 4. The van der Waals surface area contributed by atoms with Crippen LogP contribution in [0.4, 0.5) is 0 Å². The normalized spacial score (nSPS) is 7.83. The third-order valence-corrected chi connectivity index (χ3v) is 1.29. The van der Waals surface area contributed by atoms with Gasteiger partial charge in [0, 0.05) is 13.0 Å². The lowest BCUT2D eigenvalue weighted by molar-refractivity contribution is 0.314. The summed E-state index contributed by atoms with van der Waals surface area (Å²) in [5, 5.41) is 0.621. The van der Waals surface area contributed by atoms with Gasteiger partial charge in [-0.05, 0) is 25.2 Å². The quantitative estimate of drug-likeness (QED) is 0.694. The minimum absolute atomic E-state index is 0. The monoisotopic (exact) mass is 234 g/mol. The molecule has 0 radical (unpaired) electrons. The summed E-state index contributed by atoms with van der Waals surface area (Å²) in [6, 6.07) is 0. The van der Waals surface area contributed by atoms with E-state index in [-0.39, 0.29) is 24.8 Å². The van der Waals surface area contributed by atoms with Gasteiger partial charge in [-0.1, -0.05) is 0 Å². The molecule has 0 saturated carbocycles. The summed E-state index contributed by atoms with van der Waals surface area (Å²) in [6.45, 7) is 1.69. The summed E-state index contributed by atoms with van der Waals surface area (Å²) >= 11 is 4.85. The number of ether oxygens (including phenoxy) is 1. The highest BCUT2D eigenvalue weighted by Crippen LogP contribution is 1.92. The second kappa shape index (κ2) is 13.9. The highest BCUT2D eigenvalue weighted by atomic mass is 35.5. The van der Waals surface area contributed by atoms with E-state index in [2.05, 4.69) is 0 Å². The first-order valence-electron chi connectivity index (χ1n) is 3.37. The van der Waals surface area contributed by atoms with Crippen molar-refractivity contribution in [2.45, 2.75) is 12.8 Å². The molecular weight excluding hydrogens is 219 g/mol. The topological polar surface area (TPSA) is 61.3 Å². The Bertz CT molecular complexity index is 95.5. The number of nitrogens with two attached hydrogens (primary N) is 2. The predicted molar refractivity (Wildman–Crippen MR) is 60.4 cm³/mol. The molecule has 0 spiro atoms. The van der Waals surface area contributed by atoms with E-state index in [0.717, 1.165) is 12.8 Å². The van der Waals surface area contributed by atoms with Crippen LogP contribution in [0.15, 0.2) is 0 Å². The van der Waals surface area contributed by atoms with Crippen molar-refractivity contribution in [2.24, 2.45) is 11.5 Å². The van der Waals surface area contributed by atoms with Gasteiger partial charge in [-0.25, -0.2) is 0 Å². The molecule has 0 aliphatic carbocycles. The molecule has 0 bridgehead atoms. The van der Waals surface area contributed by atoms with Crippen LogP contribution in [0, 0.1) is 0 Å². The highest BCUT2D eigenvalue weighted by Gasteiger charge is 1.94. The van der Waals surface area contributed by atoms with Crippen LogP contribution >= 0.6 is 37.0 Å². The first-order valence-corrected chi connectivity index (χ1v) is 3.78. The summed E-state index contributed by atoms with van der Waals surface area (Å²) < 4.78 is 5.04. The molecule has 0 aromatic carbocycles. The van der Waals surface area contributed by atoms with E-state index in [1.54, 1.807) is 0 Å². The van der Waals surface area contributed by atoms with Crippen LogP contribution in [-0.2, 0) is 4.74 Å². The fraction of sp³-hybridized carbons (Fsp3) is 0.833. The first-order chi connectivity index (χ1) is 4.81. The van der Waals surface area contributed by atoms with E-state index in [1.165, 1.54) is 0 Å². The number of halogens is 2. The van der Waals surface area contributed by atoms with Gasteiger partial charge >= 0.3 is 0 Å². The maximum Gasteiger partial charge on any atom is 0.159 e. The third-order valence-electron chi connectivity index (χ3n) is 0.966. The molecule has 0 rings (SSSR count). The van der Waals surface area contributed by atoms with Crippen LogP contribution in [0.2, 0.25) is 0 Å². The van der Waals surface area contributed by atoms with Crippen molar-refractivity contribution in [1.29, 1.82) is 0 Å². The van der Waals surface area contributed by atoms with Gasteiger partial charge in [-0.2, -0.15) is 0 Å². The summed E-state index contributed by atoms with van der Waals surface area (Å²) in [4.78, 5) is 0. The average molecular weight is 235 g/mol. The summed E-state index contributed by atoms with van der Waals surface area (Å²) in [5.41, 5.74) is 10.5. The molecule has 0 unspecified atom stereocenters. The van der Waals surface area contributed by atoms with Crippen LogP contribution in [-0.4, -0.2) is 24.7 Å². The van der Waals surface area contributed by atoms with E-state index < -0.39 is 0 Å². The molecule has 0 amide bonds. The van der Waals surface area contributed by atoms with E-state index in [9.17, 15) is 0 Å². The molecule has 0 aliphatic rings. The molecule has 0 aromatic heterocycles. The molecule has 0 atom stereocenters. The molecule has 6 heteroatoms. The Morgan fingerprint density at radius 3 is 2.17 bits per heavy atom. The predicted octanol–water partition coefficient (Wildman–Crippen LogP) is 0.872. The zero-order chi connectivity index (χ0) is 7.82. The zero-order valence-corrected chi connectivity index (χ0v) is 9.27. The SMILES string of the molecule is Cl.Cl.NCCCC(=S)OCCN. The molecule has 0 saturated heterocycles. The zero-order valence-electron chi connectivity index (χ0n) is 6.82. The number of thiocarbonyl (C=S) groups is 1. The maximum absolute atomic E-state index is 5.27. The van der Waals surface area contributed by atoms with Crippen LogP contribution in [0.1, 0.15) is 12.8 Å². The van der Waals surface area contributed by atoms with Gasteiger partial charge in [0.05, 0.1) is 0 Å². The number of rotatable bonds is 5. The third kappa shape index (κ3) is 13.0. The maximum atomic E-state index is 5.27. The van der Waals surface area contributed by atoms with Gasteiger partial charge in [0.15, 0.2) is 5.05 Å². The van der Waals surface area contributed by atoms with Crippen molar-refractivity contribution >= 4 is 42.1 Å². The van der Waals surface area contributed by atoms with E-state index in [4.69, 9.17) is 28.4 Å². The van der Waals surface area contributed by atoms with Crippen LogP contribution < -0.4 is 11.5 Å². The Morgan fingerprint density at radius 2 is 1.75 bits per heavy atom. The Balaban J connectivity index is -0.000000405. The Morgan fingerprint density at radius 1 is 1.17 bits per heavy atom. The summed E-state index contributed by atoms with van der Waals surface area (Å²) in [6.07, 6.45) is 1.66. The van der Waals surface area contributed by atoms with Gasteiger partial charge < -0.3 is 16.2 Å². The Kier molecular flexibility index (Phi) is 21.2. The van der Waals surface area contributed by atoms with Crippen molar-refractivity contribution in [3.8, 4) is 0 Å². The van der Waals surface area contributed by atoms with Crippen molar-refractivity contribution in [1.82, 2.24) is 0 Å². The van der Waals surface area contributed by atoms with Crippen LogP contribution in [0.25, 0.3) is 0 Å². The molecule has 0 fully saturated rings. The Labute approximate surface area is 91.0 Å². The fourth-order valence-corrected chi connectivity index (χ4v) is 0.719. The largest absolute Gasteiger partial charge is 0.486 e. The van der Waals surface area contributed by atoms with E-state index >= 15 is 0 Å². The molecule has 12 heavy (non-hydrogen) atoms. The number of hydrogen-bond donors (Lipinski definition) is 2. The van der Waals surface area contributed by atoms with Crippen LogP contribution in [0.5, 0.6) is 0 Å². The summed E-state index contributed by atoms with van der Waals surface area (Å²) in [5.74, 6) is 0. The van der Waals surface area contributed by atoms with Crippen molar-refractivity contribution in [3.05, 3.63) is 0 Å². The second-order valence-corrected chi connectivity index (χ2v) is 2.36. The van der Waals surface area contributed by atoms with Gasteiger partial charge in [0.1, 0.15) is 6.61 Å². The van der Waals surface area contributed by atoms with E-state index in [0.29, 0.717) is 24.7 Å². The lowest BCUT2D eigenvalue weighted by Gasteiger charge is -2.03. The highest BCUT2D eigenvalue weighted by molar-refractivity contribution is 7.80. The molecular formula is C6H16Cl2N2OS. The standard InChI is InChI=1S/C6H14N2OS.2ClH/c7-3-1-2-6(10)9-5-4-8;;/h1-5,7-8H2;2*1H. The summed E-state index contributed by atoms with van der Waals surface area (Å²) in [7, 11) is 0. The first kappa shape index (κ1) is 18.2. The van der Waals surface area contributed by atoms with E-state index in [1.807, 2.05) is 0 Å². The Hall–Kier alpha value is 0.390. The van der Waals surface area contributed by atoms with Crippen molar-refractivity contribution in [2.75, 3.05) is 19.7 Å². The van der Waals surface area contributed by atoms with Gasteiger partial charge in [-0.3, -0.25) is 0 Å². The molecule has 0 aliphatic heterocycles. The fourth-order valence-electron chi connectivity index (χ4n) is 0.491. The minimum atomic E-state index is 0. The molecule has 76 valence electrons. The lowest BCUT2D eigenvalue weighted by Crippen LogP contribution is -2.13. The molecule has 3 nitrogen and oxygen atoms in total. The lowest BCUT2D eigenvalue weighted by atomic mass is 10.3. The molecule has 0 aromatic rings. The molecule has 0 heterocycles. The van der Waals surface area contributed by atoms with Crippen LogP contribution in [0.3, 0.4) is 0 Å². The minimum Gasteiger partial charge on any atom is -0.486 e. The van der Waals surface area contributed by atoms with Crippen molar-refractivity contribution in [3.63, 3.8) is 0 Å². The average Bonchev–Trinajstić information content (AvgIpc) is 1.97. The van der Waals surface area contributed by atoms with Gasteiger partial charge in [0.2, 0.25) is 0 Å². The second-order valence-electron chi connectivity index (χ2n) is 1.90.